The van der Waals surface area contributed by atoms with Crippen molar-refractivity contribution in [3.63, 3.8) is 0 Å². The van der Waals surface area contributed by atoms with Gasteiger partial charge in [0.15, 0.2) is 0 Å². The molecule has 1 fully saturated rings. The summed E-state index contributed by atoms with van der Waals surface area (Å²) in [6, 6.07) is 3.50. The average Bonchev–Trinajstić information content (AvgIpc) is 1.92. The first-order valence-corrected chi connectivity index (χ1v) is 8.27. The van der Waals surface area contributed by atoms with E-state index < -0.39 is 8.07 Å². The van der Waals surface area contributed by atoms with E-state index in [1.54, 1.807) is 0 Å². The maximum Gasteiger partial charge on any atom is 0.0474 e. The zero-order valence-corrected chi connectivity index (χ0v) is 8.90. The second-order valence-corrected chi connectivity index (χ2v) is 10.0. The van der Waals surface area contributed by atoms with Gasteiger partial charge in [0.1, 0.15) is 0 Å². The van der Waals surface area contributed by atoms with Gasteiger partial charge in [0, 0.05) is 14.1 Å². The Hall–Kier alpha value is 0.177. The van der Waals surface area contributed by atoms with Crippen molar-refractivity contribution in [3.05, 3.63) is 0 Å². The van der Waals surface area contributed by atoms with Crippen LogP contribution < -0.4 is 5.73 Å². The van der Waals surface area contributed by atoms with Crippen LogP contribution in [0.4, 0.5) is 0 Å². The molecule has 1 atom stereocenters. The summed E-state index contributed by atoms with van der Waals surface area (Å²) < 4.78 is 0. The molecular formula is C9H21NSi. The second-order valence-electron chi connectivity index (χ2n) is 4.71. The number of rotatable bonds is 0. The van der Waals surface area contributed by atoms with Gasteiger partial charge in [-0.3, -0.25) is 0 Å². The van der Waals surface area contributed by atoms with Crippen molar-refractivity contribution in [1.82, 2.24) is 0 Å². The fourth-order valence-corrected chi connectivity index (χ4v) is 4.46. The van der Waals surface area contributed by atoms with Crippen LogP contribution in [-0.2, 0) is 0 Å². The molecule has 11 heavy (non-hydrogen) atoms. The highest BCUT2D eigenvalue weighted by molar-refractivity contribution is 6.77. The van der Waals surface area contributed by atoms with Crippen LogP contribution in [0.3, 0.4) is 0 Å². The third-order valence-electron chi connectivity index (χ3n) is 2.87. The Morgan fingerprint density at radius 2 is 1.82 bits per heavy atom. The molecule has 1 nitrogen and oxygen atoms in total. The van der Waals surface area contributed by atoms with Gasteiger partial charge in [-0.1, -0.05) is 38.0 Å². The van der Waals surface area contributed by atoms with Crippen LogP contribution in [0.25, 0.3) is 0 Å². The van der Waals surface area contributed by atoms with Crippen molar-refractivity contribution in [2.45, 2.75) is 56.9 Å². The molecule has 0 aromatic carbocycles. The van der Waals surface area contributed by atoms with E-state index in [0.29, 0.717) is 6.04 Å². The topological polar surface area (TPSA) is 26.0 Å². The van der Waals surface area contributed by atoms with E-state index in [2.05, 4.69) is 13.1 Å². The van der Waals surface area contributed by atoms with Crippen molar-refractivity contribution in [3.8, 4) is 0 Å². The fraction of sp³-hybridized carbons (Fsp3) is 1.00. The monoisotopic (exact) mass is 171 g/mol. The third kappa shape index (κ3) is 3.39. The Bertz CT molecular complexity index is 123. The molecule has 1 heterocycles. The van der Waals surface area contributed by atoms with Gasteiger partial charge in [0.2, 0.25) is 0 Å². The summed E-state index contributed by atoms with van der Waals surface area (Å²) in [5.74, 6) is 0. The maximum atomic E-state index is 5.95. The van der Waals surface area contributed by atoms with Gasteiger partial charge < -0.3 is 5.73 Å². The lowest BCUT2D eigenvalue weighted by Crippen LogP contribution is -2.31. The minimum absolute atomic E-state index is 0.516. The zero-order chi connectivity index (χ0) is 8.32. The summed E-state index contributed by atoms with van der Waals surface area (Å²) in [5.41, 5.74) is 5.95. The molecule has 66 valence electrons. The van der Waals surface area contributed by atoms with E-state index in [1.165, 1.54) is 37.8 Å². The van der Waals surface area contributed by atoms with E-state index in [-0.39, 0.29) is 0 Å². The van der Waals surface area contributed by atoms with Gasteiger partial charge in [-0.25, -0.2) is 0 Å². The first kappa shape index (κ1) is 9.27. The Labute approximate surface area is 71.4 Å². The Balaban J connectivity index is 2.38. The van der Waals surface area contributed by atoms with Crippen molar-refractivity contribution < 1.29 is 0 Å². The van der Waals surface area contributed by atoms with Gasteiger partial charge in [0.25, 0.3) is 0 Å². The summed E-state index contributed by atoms with van der Waals surface area (Å²) in [7, 11) is -0.795. The molecular weight excluding hydrogens is 150 g/mol. The van der Waals surface area contributed by atoms with Crippen LogP contribution in [-0.4, -0.2) is 14.1 Å². The lowest BCUT2D eigenvalue weighted by Gasteiger charge is -2.27. The van der Waals surface area contributed by atoms with Gasteiger partial charge in [0.05, 0.1) is 0 Å². The molecule has 1 rings (SSSR count). The lowest BCUT2D eigenvalue weighted by molar-refractivity contribution is 0.545. The summed E-state index contributed by atoms with van der Waals surface area (Å²) in [5, 5.41) is 0. The molecule has 2 heteroatoms. The molecule has 0 amide bonds. The molecule has 1 saturated heterocycles. The summed E-state index contributed by atoms with van der Waals surface area (Å²) in [6.07, 6.45) is 5.37. The smallest absolute Gasteiger partial charge is 0.0474 e. The largest absolute Gasteiger partial charge is 0.328 e. The summed E-state index contributed by atoms with van der Waals surface area (Å²) in [4.78, 5) is 0. The van der Waals surface area contributed by atoms with E-state index in [4.69, 9.17) is 5.73 Å². The molecule has 1 unspecified atom stereocenters. The maximum absolute atomic E-state index is 5.95. The summed E-state index contributed by atoms with van der Waals surface area (Å²) >= 11 is 0. The molecule has 0 aliphatic carbocycles. The summed E-state index contributed by atoms with van der Waals surface area (Å²) in [6.45, 7) is 5.01. The SMILES string of the molecule is C[Si]1(C)CCCCC(N)CC1. The van der Waals surface area contributed by atoms with Crippen LogP contribution in [0, 0.1) is 0 Å². The Morgan fingerprint density at radius 1 is 1.09 bits per heavy atom. The van der Waals surface area contributed by atoms with Crippen LogP contribution in [0.15, 0.2) is 0 Å². The quantitative estimate of drug-likeness (QED) is 0.557. The van der Waals surface area contributed by atoms with Crippen LogP contribution >= 0.6 is 0 Å². The van der Waals surface area contributed by atoms with E-state index in [9.17, 15) is 0 Å². The predicted molar refractivity (Wildman–Crippen MR) is 53.5 cm³/mol. The first-order chi connectivity index (χ1) is 5.10. The second kappa shape index (κ2) is 3.72. The number of nitrogens with two attached hydrogens (primary N) is 1. The highest BCUT2D eigenvalue weighted by Gasteiger charge is 2.22. The Morgan fingerprint density at radius 3 is 2.55 bits per heavy atom. The van der Waals surface area contributed by atoms with Crippen LogP contribution in [0.1, 0.15) is 25.7 Å². The molecule has 0 saturated carbocycles. The molecule has 0 aromatic rings. The van der Waals surface area contributed by atoms with Crippen LogP contribution in [0.2, 0.25) is 25.2 Å². The van der Waals surface area contributed by atoms with Gasteiger partial charge in [-0.2, -0.15) is 0 Å². The fourth-order valence-electron chi connectivity index (χ4n) is 1.86. The molecule has 0 radical (unpaired) electrons. The molecule has 0 bridgehead atoms. The highest BCUT2D eigenvalue weighted by Crippen LogP contribution is 2.25. The lowest BCUT2D eigenvalue weighted by atomic mass is 10.1. The van der Waals surface area contributed by atoms with Gasteiger partial charge in [-0.05, 0) is 12.8 Å². The van der Waals surface area contributed by atoms with Gasteiger partial charge >= 0.3 is 0 Å². The minimum Gasteiger partial charge on any atom is -0.328 e. The highest BCUT2D eigenvalue weighted by atomic mass is 28.3. The van der Waals surface area contributed by atoms with Crippen LogP contribution in [0.5, 0.6) is 0 Å². The minimum atomic E-state index is -0.795. The molecule has 1 aliphatic rings. The van der Waals surface area contributed by atoms with E-state index in [1.807, 2.05) is 0 Å². The van der Waals surface area contributed by atoms with Crippen molar-refractivity contribution in [1.29, 1.82) is 0 Å². The van der Waals surface area contributed by atoms with E-state index in [0.717, 1.165) is 0 Å². The predicted octanol–water partition coefficient (Wildman–Crippen LogP) is 2.60. The molecule has 2 N–H and O–H groups in total. The van der Waals surface area contributed by atoms with Crippen molar-refractivity contribution >= 4 is 8.07 Å². The standard InChI is InChI=1S/C9H21NSi/c1-11(2)7-4-3-5-9(10)6-8-11/h9H,3-8,10H2,1-2H3. The third-order valence-corrected chi connectivity index (χ3v) is 6.22. The van der Waals surface area contributed by atoms with Crippen molar-refractivity contribution in [2.75, 3.05) is 0 Å². The Kier molecular flexibility index (Phi) is 3.13. The van der Waals surface area contributed by atoms with Gasteiger partial charge in [-0.15, -0.1) is 0 Å². The van der Waals surface area contributed by atoms with E-state index >= 15 is 0 Å². The average molecular weight is 171 g/mol. The normalized spacial score (nSPS) is 32.5. The number of hydrogen-bond acceptors (Lipinski definition) is 1. The van der Waals surface area contributed by atoms with Crippen molar-refractivity contribution in [2.24, 2.45) is 5.73 Å². The molecule has 0 spiro atoms. The molecule has 1 aliphatic heterocycles. The zero-order valence-electron chi connectivity index (χ0n) is 7.90. The number of hydrogen-bond donors (Lipinski definition) is 1. The molecule has 0 aromatic heterocycles. The first-order valence-electron chi connectivity index (χ1n) is 4.86.